The smallest absolute Gasteiger partial charge is 0.330 e. The van der Waals surface area contributed by atoms with Crippen molar-refractivity contribution in [3.8, 4) is 5.88 Å². The summed E-state index contributed by atoms with van der Waals surface area (Å²) in [6.07, 6.45) is -0.0395. The largest absolute Gasteiger partial charge is 0.476 e. The quantitative estimate of drug-likeness (QED) is 0.435. The van der Waals surface area contributed by atoms with Crippen LogP contribution in [0.25, 0.3) is 0 Å². The number of esters is 1. The Hall–Kier alpha value is -2.18. The predicted molar refractivity (Wildman–Crippen MR) is 57.8 cm³/mol. The normalized spacial score (nSPS) is 9.76. The highest BCUT2D eigenvalue weighted by molar-refractivity contribution is 5.72. The maximum Gasteiger partial charge on any atom is 0.330 e. The molecule has 1 aromatic heterocycles. The van der Waals surface area contributed by atoms with Gasteiger partial charge < -0.3 is 9.47 Å². The molecule has 0 fully saturated rings. The predicted octanol–water partition coefficient (Wildman–Crippen LogP) is 1.10. The molecule has 0 aliphatic heterocycles. The van der Waals surface area contributed by atoms with Gasteiger partial charge in [0.25, 0.3) is 5.88 Å². The summed E-state index contributed by atoms with van der Waals surface area (Å²) in [5.41, 5.74) is 0.131. The van der Waals surface area contributed by atoms with Crippen LogP contribution >= 0.6 is 0 Å². The van der Waals surface area contributed by atoms with Gasteiger partial charge in [-0.1, -0.05) is 0 Å². The molecule has 1 rings (SSSR count). The van der Waals surface area contributed by atoms with Gasteiger partial charge in [0.2, 0.25) is 0 Å². The molecule has 0 bridgehead atoms. The Labute approximate surface area is 97.5 Å². The number of carbonyl (C=O) groups excluding carboxylic acids is 1. The van der Waals surface area contributed by atoms with Gasteiger partial charge in [-0.25, -0.2) is 4.98 Å². The Morgan fingerprint density at radius 2 is 2.24 bits per heavy atom. The number of pyridine rings is 1. The van der Waals surface area contributed by atoms with E-state index in [-0.39, 0.29) is 24.6 Å². The van der Waals surface area contributed by atoms with E-state index < -0.39 is 10.9 Å². The fourth-order valence-electron chi connectivity index (χ4n) is 1.22. The van der Waals surface area contributed by atoms with Crippen molar-refractivity contribution in [3.63, 3.8) is 0 Å². The van der Waals surface area contributed by atoms with Crippen molar-refractivity contribution in [1.82, 2.24) is 4.98 Å². The molecule has 0 amide bonds. The molecule has 92 valence electrons. The first-order valence-electron chi connectivity index (χ1n) is 4.92. The molecule has 0 aromatic carbocycles. The minimum absolute atomic E-state index is 0.0395. The standard InChI is InChI=1S/C10H12N2O5/c1-3-17-9(13)6-7-4-5-8(12(14)15)10(11-7)16-2/h4-5H,3,6H2,1-2H3. The van der Waals surface area contributed by atoms with Crippen molar-refractivity contribution >= 4 is 11.7 Å². The molecule has 0 saturated carbocycles. The number of methoxy groups -OCH3 is 1. The first kappa shape index (κ1) is 12.9. The topological polar surface area (TPSA) is 91.6 Å². The second kappa shape index (κ2) is 5.78. The van der Waals surface area contributed by atoms with Crippen LogP contribution in [-0.4, -0.2) is 29.6 Å². The lowest BCUT2D eigenvalue weighted by Gasteiger charge is -2.04. The zero-order chi connectivity index (χ0) is 12.8. The first-order valence-corrected chi connectivity index (χ1v) is 4.92. The van der Waals surface area contributed by atoms with Crippen LogP contribution in [0.4, 0.5) is 5.69 Å². The Morgan fingerprint density at radius 3 is 2.76 bits per heavy atom. The van der Waals surface area contributed by atoms with Gasteiger partial charge >= 0.3 is 11.7 Å². The third-order valence-corrected chi connectivity index (χ3v) is 1.92. The van der Waals surface area contributed by atoms with Gasteiger partial charge in [-0.15, -0.1) is 0 Å². The van der Waals surface area contributed by atoms with E-state index in [0.29, 0.717) is 5.69 Å². The van der Waals surface area contributed by atoms with Gasteiger partial charge in [0.05, 0.1) is 30.8 Å². The molecule has 0 N–H and O–H groups in total. The summed E-state index contributed by atoms with van der Waals surface area (Å²) in [5, 5.41) is 10.6. The van der Waals surface area contributed by atoms with Crippen LogP contribution in [0.2, 0.25) is 0 Å². The monoisotopic (exact) mass is 240 g/mol. The molecule has 1 heterocycles. The molecule has 0 atom stereocenters. The fraction of sp³-hybridized carbons (Fsp3) is 0.400. The summed E-state index contributed by atoms with van der Waals surface area (Å²) in [7, 11) is 1.28. The molecule has 7 heteroatoms. The number of nitro groups is 1. The van der Waals surface area contributed by atoms with E-state index in [4.69, 9.17) is 9.47 Å². The van der Waals surface area contributed by atoms with Crippen molar-refractivity contribution in [2.24, 2.45) is 0 Å². The van der Waals surface area contributed by atoms with Gasteiger partial charge in [-0.05, 0) is 13.0 Å². The van der Waals surface area contributed by atoms with Crippen molar-refractivity contribution in [3.05, 3.63) is 27.9 Å². The third kappa shape index (κ3) is 3.40. The van der Waals surface area contributed by atoms with Crippen LogP contribution in [0.15, 0.2) is 12.1 Å². The SMILES string of the molecule is CCOC(=O)Cc1ccc([N+](=O)[O-])c(OC)n1. The maximum absolute atomic E-state index is 11.2. The van der Waals surface area contributed by atoms with Crippen molar-refractivity contribution in [2.45, 2.75) is 13.3 Å². The van der Waals surface area contributed by atoms with E-state index in [2.05, 4.69) is 4.98 Å². The van der Waals surface area contributed by atoms with Crippen LogP contribution in [0, 0.1) is 10.1 Å². The van der Waals surface area contributed by atoms with Gasteiger partial charge in [-0.2, -0.15) is 0 Å². The van der Waals surface area contributed by atoms with Gasteiger partial charge in [0.15, 0.2) is 0 Å². The second-order valence-corrected chi connectivity index (χ2v) is 3.07. The highest BCUT2D eigenvalue weighted by atomic mass is 16.6. The molecule has 7 nitrogen and oxygen atoms in total. The first-order chi connectivity index (χ1) is 8.08. The third-order valence-electron chi connectivity index (χ3n) is 1.92. The number of aromatic nitrogens is 1. The van der Waals surface area contributed by atoms with Crippen LogP contribution in [-0.2, 0) is 16.0 Å². The molecular weight excluding hydrogens is 228 g/mol. The second-order valence-electron chi connectivity index (χ2n) is 3.07. The van der Waals surface area contributed by atoms with E-state index in [1.807, 2.05) is 0 Å². The summed E-state index contributed by atoms with van der Waals surface area (Å²) in [6.45, 7) is 1.98. The number of nitrogens with zero attached hydrogens (tertiary/aromatic N) is 2. The summed E-state index contributed by atoms with van der Waals surface area (Å²) in [6, 6.07) is 2.65. The molecule has 1 aromatic rings. The summed E-state index contributed by atoms with van der Waals surface area (Å²) >= 11 is 0. The highest BCUT2D eigenvalue weighted by Crippen LogP contribution is 2.24. The molecule has 0 aliphatic carbocycles. The minimum Gasteiger partial charge on any atom is -0.476 e. The number of carbonyl (C=O) groups is 1. The molecule has 0 saturated heterocycles. The lowest BCUT2D eigenvalue weighted by molar-refractivity contribution is -0.386. The molecule has 0 aliphatic rings. The average molecular weight is 240 g/mol. The van der Waals surface area contributed by atoms with Crippen LogP contribution in [0.1, 0.15) is 12.6 Å². The van der Waals surface area contributed by atoms with Gasteiger partial charge in [0.1, 0.15) is 0 Å². The van der Waals surface area contributed by atoms with Crippen LogP contribution in [0.5, 0.6) is 5.88 Å². The average Bonchev–Trinajstić information content (AvgIpc) is 2.28. The van der Waals surface area contributed by atoms with E-state index in [1.54, 1.807) is 6.92 Å². The minimum atomic E-state index is -0.597. The molecule has 0 radical (unpaired) electrons. The van der Waals surface area contributed by atoms with E-state index in [0.717, 1.165) is 0 Å². The molecule has 0 spiro atoms. The lowest BCUT2D eigenvalue weighted by atomic mass is 10.2. The number of hydrogen-bond acceptors (Lipinski definition) is 6. The zero-order valence-corrected chi connectivity index (χ0v) is 9.50. The Morgan fingerprint density at radius 1 is 1.53 bits per heavy atom. The van der Waals surface area contributed by atoms with Crippen LogP contribution < -0.4 is 4.74 Å². The molecular formula is C10H12N2O5. The summed E-state index contributed by atoms with van der Waals surface area (Å²) < 4.78 is 9.53. The molecule has 0 unspecified atom stereocenters. The lowest BCUT2D eigenvalue weighted by Crippen LogP contribution is -2.09. The van der Waals surface area contributed by atoms with Crippen LogP contribution in [0.3, 0.4) is 0 Å². The summed E-state index contributed by atoms with van der Waals surface area (Å²) in [4.78, 5) is 25.1. The fourth-order valence-corrected chi connectivity index (χ4v) is 1.22. The van der Waals surface area contributed by atoms with E-state index in [1.165, 1.54) is 19.2 Å². The Bertz CT molecular complexity index is 433. The Kier molecular flexibility index (Phi) is 4.38. The Balaban J connectivity index is 2.90. The van der Waals surface area contributed by atoms with Crippen molar-refractivity contribution < 1.29 is 19.2 Å². The number of hydrogen-bond donors (Lipinski definition) is 0. The number of ether oxygens (including phenoxy) is 2. The van der Waals surface area contributed by atoms with Crippen molar-refractivity contribution in [2.75, 3.05) is 13.7 Å². The van der Waals surface area contributed by atoms with E-state index in [9.17, 15) is 14.9 Å². The van der Waals surface area contributed by atoms with Crippen molar-refractivity contribution in [1.29, 1.82) is 0 Å². The van der Waals surface area contributed by atoms with Gasteiger partial charge in [-0.3, -0.25) is 14.9 Å². The maximum atomic E-state index is 11.2. The summed E-state index contributed by atoms with van der Waals surface area (Å²) in [5.74, 6) is -0.548. The molecule has 17 heavy (non-hydrogen) atoms. The van der Waals surface area contributed by atoms with E-state index >= 15 is 0 Å². The van der Waals surface area contributed by atoms with Gasteiger partial charge in [0, 0.05) is 6.07 Å². The highest BCUT2D eigenvalue weighted by Gasteiger charge is 2.17. The number of rotatable bonds is 5. The zero-order valence-electron chi connectivity index (χ0n) is 9.50.